The Morgan fingerprint density at radius 2 is 1.88 bits per heavy atom. The lowest BCUT2D eigenvalue weighted by molar-refractivity contribution is -0.134. The smallest absolute Gasteiger partial charge is 0.247 e. The zero-order valence-electron chi connectivity index (χ0n) is 14.4. The van der Waals surface area contributed by atoms with Crippen molar-refractivity contribution >= 4 is 17.5 Å². The maximum atomic E-state index is 13.5. The SMILES string of the molecule is CN(C)C(=O)C1(Nc2cccc(F)c2)CCN(c2ncccn2)CC1. The number of hydrogen-bond donors (Lipinski definition) is 1. The molecular formula is C18H22FN5O. The zero-order valence-corrected chi connectivity index (χ0v) is 14.4. The maximum absolute atomic E-state index is 13.5. The third kappa shape index (κ3) is 3.70. The number of nitrogens with zero attached hydrogens (tertiary/aromatic N) is 4. The average molecular weight is 343 g/mol. The van der Waals surface area contributed by atoms with Crippen LogP contribution in [0.2, 0.25) is 0 Å². The largest absolute Gasteiger partial charge is 0.371 e. The Bertz CT molecular complexity index is 729. The predicted molar refractivity (Wildman–Crippen MR) is 94.9 cm³/mol. The molecule has 0 spiro atoms. The minimum absolute atomic E-state index is 0.00890. The Morgan fingerprint density at radius 1 is 1.20 bits per heavy atom. The summed E-state index contributed by atoms with van der Waals surface area (Å²) in [5.74, 6) is 0.331. The van der Waals surface area contributed by atoms with Crippen LogP contribution in [0, 0.1) is 5.82 Å². The van der Waals surface area contributed by atoms with Gasteiger partial charge in [0.25, 0.3) is 0 Å². The molecule has 1 saturated heterocycles. The molecule has 2 aromatic rings. The predicted octanol–water partition coefficient (Wildman–Crippen LogP) is 2.16. The number of rotatable bonds is 4. The lowest BCUT2D eigenvalue weighted by Gasteiger charge is -2.42. The van der Waals surface area contributed by atoms with Gasteiger partial charge in [-0.25, -0.2) is 14.4 Å². The highest BCUT2D eigenvalue weighted by atomic mass is 19.1. The second kappa shape index (κ2) is 7.04. The second-order valence-electron chi connectivity index (χ2n) is 6.45. The van der Waals surface area contributed by atoms with Gasteiger partial charge >= 0.3 is 0 Å². The normalized spacial score (nSPS) is 16.4. The standard InChI is InChI=1S/C18H22FN5O/c1-23(2)16(25)18(22-15-6-3-5-14(19)13-15)7-11-24(12-8-18)17-20-9-4-10-21-17/h3-6,9-10,13,22H,7-8,11-12H2,1-2H3. The van der Waals surface area contributed by atoms with Crippen molar-refractivity contribution in [1.82, 2.24) is 14.9 Å². The first-order chi connectivity index (χ1) is 12.0. The fraction of sp³-hybridized carbons (Fsp3) is 0.389. The molecule has 6 nitrogen and oxygen atoms in total. The molecule has 0 radical (unpaired) electrons. The molecule has 1 fully saturated rings. The molecule has 1 aromatic carbocycles. The average Bonchev–Trinajstić information content (AvgIpc) is 2.62. The Hall–Kier alpha value is -2.70. The van der Waals surface area contributed by atoms with Gasteiger partial charge in [0, 0.05) is 45.3 Å². The number of likely N-dealkylation sites (N-methyl/N-ethyl adjacent to an activating group) is 1. The summed E-state index contributed by atoms with van der Waals surface area (Å²) in [5.41, 5.74) is -0.151. The van der Waals surface area contributed by atoms with E-state index in [2.05, 4.69) is 20.2 Å². The summed E-state index contributed by atoms with van der Waals surface area (Å²) in [7, 11) is 3.48. The highest BCUT2D eigenvalue weighted by Gasteiger charge is 2.42. The monoisotopic (exact) mass is 343 g/mol. The first-order valence-corrected chi connectivity index (χ1v) is 8.28. The van der Waals surface area contributed by atoms with E-state index in [1.165, 1.54) is 12.1 Å². The van der Waals surface area contributed by atoms with Crippen molar-refractivity contribution in [3.8, 4) is 0 Å². The summed E-state index contributed by atoms with van der Waals surface area (Å²) in [5, 5.41) is 3.29. The van der Waals surface area contributed by atoms with E-state index >= 15 is 0 Å². The molecule has 7 heteroatoms. The maximum Gasteiger partial charge on any atom is 0.247 e. The Kier molecular flexibility index (Phi) is 4.83. The fourth-order valence-electron chi connectivity index (χ4n) is 3.21. The van der Waals surface area contributed by atoms with Gasteiger partial charge in [-0.15, -0.1) is 0 Å². The number of anilines is 2. The lowest BCUT2D eigenvalue weighted by atomic mass is 9.85. The van der Waals surface area contributed by atoms with Crippen molar-refractivity contribution in [2.45, 2.75) is 18.4 Å². The van der Waals surface area contributed by atoms with E-state index in [1.807, 2.05) is 0 Å². The Balaban J connectivity index is 1.81. The number of halogens is 1. The van der Waals surface area contributed by atoms with E-state index in [1.54, 1.807) is 49.6 Å². The molecule has 3 rings (SSSR count). The molecule has 2 heterocycles. The molecule has 132 valence electrons. The molecule has 1 aromatic heterocycles. The summed E-state index contributed by atoms with van der Waals surface area (Å²) in [6.07, 6.45) is 4.58. The number of carbonyl (C=O) groups is 1. The van der Waals surface area contributed by atoms with Crippen LogP contribution in [0.15, 0.2) is 42.7 Å². The van der Waals surface area contributed by atoms with Crippen LogP contribution in [-0.4, -0.2) is 53.5 Å². The van der Waals surface area contributed by atoms with Crippen LogP contribution >= 0.6 is 0 Å². The number of aromatic nitrogens is 2. The number of nitrogens with one attached hydrogen (secondary N) is 1. The number of carbonyl (C=O) groups excluding carboxylic acids is 1. The number of piperidine rings is 1. The molecule has 0 bridgehead atoms. The Morgan fingerprint density at radius 3 is 2.48 bits per heavy atom. The first-order valence-electron chi connectivity index (χ1n) is 8.28. The minimum Gasteiger partial charge on any atom is -0.371 e. The second-order valence-corrected chi connectivity index (χ2v) is 6.45. The molecular weight excluding hydrogens is 321 g/mol. The van der Waals surface area contributed by atoms with Crippen molar-refractivity contribution in [2.75, 3.05) is 37.4 Å². The van der Waals surface area contributed by atoms with E-state index < -0.39 is 5.54 Å². The molecule has 1 amide bonds. The van der Waals surface area contributed by atoms with Gasteiger partial charge in [0.05, 0.1) is 0 Å². The summed E-state index contributed by atoms with van der Waals surface area (Å²) in [6, 6.07) is 8.00. The number of amides is 1. The minimum atomic E-state index is -0.761. The van der Waals surface area contributed by atoms with Crippen LogP contribution in [0.25, 0.3) is 0 Å². The van der Waals surface area contributed by atoms with Crippen molar-refractivity contribution in [2.24, 2.45) is 0 Å². The van der Waals surface area contributed by atoms with E-state index in [9.17, 15) is 9.18 Å². The summed E-state index contributed by atoms with van der Waals surface area (Å²) in [6.45, 7) is 1.29. The van der Waals surface area contributed by atoms with Crippen LogP contribution in [0.3, 0.4) is 0 Å². The van der Waals surface area contributed by atoms with Crippen LogP contribution in [0.4, 0.5) is 16.0 Å². The van der Waals surface area contributed by atoms with Gasteiger partial charge in [-0.1, -0.05) is 6.07 Å². The van der Waals surface area contributed by atoms with Crippen LogP contribution in [-0.2, 0) is 4.79 Å². The van der Waals surface area contributed by atoms with Gasteiger partial charge in [-0.2, -0.15) is 0 Å². The van der Waals surface area contributed by atoms with Gasteiger partial charge < -0.3 is 15.1 Å². The van der Waals surface area contributed by atoms with E-state index in [-0.39, 0.29) is 11.7 Å². The van der Waals surface area contributed by atoms with Crippen molar-refractivity contribution in [3.05, 3.63) is 48.5 Å². The lowest BCUT2D eigenvalue weighted by Crippen LogP contribution is -2.58. The molecule has 1 aliphatic rings. The zero-order chi connectivity index (χ0) is 17.9. The third-order valence-corrected chi connectivity index (χ3v) is 4.48. The molecule has 1 N–H and O–H groups in total. The summed E-state index contributed by atoms with van der Waals surface area (Å²) < 4.78 is 13.5. The fourth-order valence-corrected chi connectivity index (χ4v) is 3.21. The number of benzene rings is 1. The van der Waals surface area contributed by atoms with Crippen molar-refractivity contribution in [1.29, 1.82) is 0 Å². The molecule has 0 atom stereocenters. The topological polar surface area (TPSA) is 61.4 Å². The third-order valence-electron chi connectivity index (χ3n) is 4.48. The van der Waals surface area contributed by atoms with E-state index in [0.29, 0.717) is 37.6 Å². The van der Waals surface area contributed by atoms with Crippen LogP contribution in [0.1, 0.15) is 12.8 Å². The van der Waals surface area contributed by atoms with E-state index in [4.69, 9.17) is 0 Å². The van der Waals surface area contributed by atoms with Gasteiger partial charge in [0.15, 0.2) is 0 Å². The summed E-state index contributed by atoms with van der Waals surface area (Å²) in [4.78, 5) is 25.1. The highest BCUT2D eigenvalue weighted by molar-refractivity contribution is 5.89. The van der Waals surface area contributed by atoms with Crippen LogP contribution in [0.5, 0.6) is 0 Å². The highest BCUT2D eigenvalue weighted by Crippen LogP contribution is 2.30. The molecule has 25 heavy (non-hydrogen) atoms. The van der Waals surface area contributed by atoms with Gasteiger partial charge in [-0.3, -0.25) is 4.79 Å². The van der Waals surface area contributed by atoms with Gasteiger partial charge in [0.2, 0.25) is 11.9 Å². The summed E-state index contributed by atoms with van der Waals surface area (Å²) >= 11 is 0. The quantitative estimate of drug-likeness (QED) is 0.922. The van der Waals surface area contributed by atoms with Crippen molar-refractivity contribution in [3.63, 3.8) is 0 Å². The molecule has 0 saturated carbocycles. The molecule has 0 aliphatic carbocycles. The molecule has 1 aliphatic heterocycles. The van der Waals surface area contributed by atoms with Gasteiger partial charge in [0.1, 0.15) is 11.4 Å². The van der Waals surface area contributed by atoms with Crippen molar-refractivity contribution < 1.29 is 9.18 Å². The number of hydrogen-bond acceptors (Lipinski definition) is 5. The Labute approximate surface area is 146 Å². The van der Waals surface area contributed by atoms with Crippen LogP contribution < -0.4 is 10.2 Å². The van der Waals surface area contributed by atoms with E-state index in [0.717, 1.165) is 0 Å². The van der Waals surface area contributed by atoms with Gasteiger partial charge in [-0.05, 0) is 37.1 Å². The first kappa shape index (κ1) is 17.1. The molecule has 0 unspecified atom stereocenters.